The fourth-order valence-corrected chi connectivity index (χ4v) is 3.76. The second-order valence-electron chi connectivity index (χ2n) is 5.33. The highest BCUT2D eigenvalue weighted by Crippen LogP contribution is 2.18. The van der Waals surface area contributed by atoms with Crippen LogP contribution in [0.3, 0.4) is 0 Å². The van der Waals surface area contributed by atoms with Gasteiger partial charge in [0.2, 0.25) is 10.0 Å². The molecule has 0 radical (unpaired) electrons. The molecule has 0 atom stereocenters. The van der Waals surface area contributed by atoms with Gasteiger partial charge in [0, 0.05) is 20.0 Å². The minimum atomic E-state index is -3.61. The molecular weight excluding hydrogens is 326 g/mol. The number of ether oxygens (including phenoxy) is 1. The van der Waals surface area contributed by atoms with Crippen molar-refractivity contribution in [1.82, 2.24) is 4.31 Å². The second-order valence-corrected chi connectivity index (χ2v) is 7.27. The summed E-state index contributed by atoms with van der Waals surface area (Å²) in [6.07, 6.45) is 0.443. The lowest BCUT2D eigenvalue weighted by Gasteiger charge is -2.22. The van der Waals surface area contributed by atoms with Crippen LogP contribution >= 0.6 is 0 Å². The predicted octanol–water partition coefficient (Wildman–Crippen LogP) is 2.83. The highest BCUT2D eigenvalue weighted by molar-refractivity contribution is 7.89. The van der Waals surface area contributed by atoms with Crippen LogP contribution in [-0.2, 0) is 26.1 Å². The molecule has 0 aromatic heterocycles. The summed E-state index contributed by atoms with van der Waals surface area (Å²) in [5, 5.41) is 0. The summed E-state index contributed by atoms with van der Waals surface area (Å²) in [7, 11) is -3.61. The maximum absolute atomic E-state index is 12.9. The van der Waals surface area contributed by atoms with Crippen LogP contribution in [0.5, 0.6) is 0 Å². The predicted molar refractivity (Wildman–Crippen MR) is 91.7 cm³/mol. The molecular formula is C18H21NO4S. The summed E-state index contributed by atoms with van der Waals surface area (Å²) in [6, 6.07) is 17.8. The van der Waals surface area contributed by atoms with Crippen molar-refractivity contribution in [1.29, 1.82) is 0 Å². The molecule has 0 amide bonds. The van der Waals surface area contributed by atoms with Gasteiger partial charge in [-0.2, -0.15) is 4.31 Å². The fraction of sp³-hybridized carbons (Fsp3) is 0.278. The first-order valence-corrected chi connectivity index (χ1v) is 9.16. The van der Waals surface area contributed by atoms with Gasteiger partial charge in [0.25, 0.3) is 0 Å². The van der Waals surface area contributed by atoms with Crippen LogP contribution in [0, 0.1) is 0 Å². The van der Waals surface area contributed by atoms with E-state index >= 15 is 0 Å². The van der Waals surface area contributed by atoms with E-state index in [0.29, 0.717) is 6.42 Å². The Kier molecular flexibility index (Phi) is 6.52. The lowest BCUT2D eigenvalue weighted by Crippen LogP contribution is -2.32. The molecule has 0 saturated heterocycles. The van der Waals surface area contributed by atoms with Gasteiger partial charge in [-0.25, -0.2) is 8.42 Å². The first kappa shape index (κ1) is 18.2. The van der Waals surface area contributed by atoms with Crippen molar-refractivity contribution in [3.05, 3.63) is 66.2 Å². The highest BCUT2D eigenvalue weighted by Gasteiger charge is 2.24. The molecule has 0 aliphatic carbocycles. The van der Waals surface area contributed by atoms with Gasteiger partial charge in [-0.05, 0) is 24.1 Å². The van der Waals surface area contributed by atoms with E-state index in [0.717, 1.165) is 5.56 Å². The van der Waals surface area contributed by atoms with E-state index in [2.05, 4.69) is 0 Å². The molecule has 128 valence electrons. The van der Waals surface area contributed by atoms with Gasteiger partial charge in [-0.3, -0.25) is 4.79 Å². The summed E-state index contributed by atoms with van der Waals surface area (Å²) >= 11 is 0. The maximum Gasteiger partial charge on any atom is 0.302 e. The standard InChI is InChI=1S/C18H21NO4S/c1-16(20)23-14-8-13-19(15-17-9-4-2-5-10-17)24(21,22)18-11-6-3-7-12-18/h2-7,9-12H,8,13-15H2,1H3. The Hall–Kier alpha value is -2.18. The Labute approximate surface area is 142 Å². The maximum atomic E-state index is 12.9. The van der Waals surface area contributed by atoms with Crippen LogP contribution in [0.1, 0.15) is 18.9 Å². The van der Waals surface area contributed by atoms with Crippen molar-refractivity contribution in [3.8, 4) is 0 Å². The average Bonchev–Trinajstić information content (AvgIpc) is 2.59. The lowest BCUT2D eigenvalue weighted by molar-refractivity contribution is -0.141. The molecule has 0 unspecified atom stereocenters. The van der Waals surface area contributed by atoms with Crippen molar-refractivity contribution < 1.29 is 17.9 Å². The molecule has 2 rings (SSSR count). The first-order valence-electron chi connectivity index (χ1n) is 7.72. The lowest BCUT2D eigenvalue weighted by atomic mass is 10.2. The molecule has 0 aliphatic rings. The monoisotopic (exact) mass is 347 g/mol. The number of hydrogen-bond donors (Lipinski definition) is 0. The molecule has 24 heavy (non-hydrogen) atoms. The van der Waals surface area contributed by atoms with Gasteiger partial charge in [-0.1, -0.05) is 48.5 Å². The van der Waals surface area contributed by atoms with Gasteiger partial charge in [0.1, 0.15) is 0 Å². The molecule has 5 nitrogen and oxygen atoms in total. The number of hydrogen-bond acceptors (Lipinski definition) is 4. The summed E-state index contributed by atoms with van der Waals surface area (Å²) < 4.78 is 32.1. The third kappa shape index (κ3) is 5.18. The van der Waals surface area contributed by atoms with Crippen molar-refractivity contribution in [2.24, 2.45) is 0 Å². The van der Waals surface area contributed by atoms with E-state index in [1.165, 1.54) is 11.2 Å². The topological polar surface area (TPSA) is 63.7 Å². The van der Waals surface area contributed by atoms with Crippen LogP contribution in [-0.4, -0.2) is 31.8 Å². The third-order valence-electron chi connectivity index (χ3n) is 3.44. The molecule has 0 N–H and O–H groups in total. The van der Waals surface area contributed by atoms with Crippen molar-refractivity contribution in [2.45, 2.75) is 24.8 Å². The van der Waals surface area contributed by atoms with E-state index in [-0.39, 0.29) is 30.6 Å². The number of benzene rings is 2. The average molecular weight is 347 g/mol. The summed E-state index contributed by atoms with van der Waals surface area (Å²) in [5.74, 6) is -0.365. The minimum Gasteiger partial charge on any atom is -0.466 e. The number of nitrogens with zero attached hydrogens (tertiary/aromatic N) is 1. The van der Waals surface area contributed by atoms with E-state index < -0.39 is 10.0 Å². The van der Waals surface area contributed by atoms with Gasteiger partial charge >= 0.3 is 5.97 Å². The first-order chi connectivity index (χ1) is 11.5. The zero-order valence-corrected chi connectivity index (χ0v) is 14.4. The Morgan fingerprint density at radius 2 is 1.58 bits per heavy atom. The number of carbonyl (C=O) groups excluding carboxylic acids is 1. The van der Waals surface area contributed by atoms with Crippen LogP contribution in [0.2, 0.25) is 0 Å². The smallest absolute Gasteiger partial charge is 0.302 e. The Bertz CT molecular complexity index is 745. The third-order valence-corrected chi connectivity index (χ3v) is 5.30. The van der Waals surface area contributed by atoms with Crippen LogP contribution < -0.4 is 0 Å². The molecule has 0 spiro atoms. The molecule has 0 bridgehead atoms. The molecule has 6 heteroatoms. The summed E-state index contributed by atoms with van der Waals surface area (Å²) in [4.78, 5) is 11.1. The van der Waals surface area contributed by atoms with E-state index in [1.54, 1.807) is 30.3 Å². The molecule has 2 aromatic carbocycles. The molecule has 0 aliphatic heterocycles. The zero-order valence-electron chi connectivity index (χ0n) is 13.6. The van der Waals surface area contributed by atoms with E-state index in [9.17, 15) is 13.2 Å². The molecule has 0 heterocycles. The summed E-state index contributed by atoms with van der Waals surface area (Å²) in [6.45, 7) is 2.09. The quantitative estimate of drug-likeness (QED) is 0.544. The number of sulfonamides is 1. The number of carbonyl (C=O) groups is 1. The Morgan fingerprint density at radius 3 is 2.17 bits per heavy atom. The minimum absolute atomic E-state index is 0.199. The van der Waals surface area contributed by atoms with Crippen molar-refractivity contribution in [3.63, 3.8) is 0 Å². The Balaban J connectivity index is 2.16. The van der Waals surface area contributed by atoms with Crippen LogP contribution in [0.15, 0.2) is 65.6 Å². The number of rotatable bonds is 8. The zero-order chi connectivity index (χ0) is 17.4. The van der Waals surface area contributed by atoms with Crippen LogP contribution in [0.4, 0.5) is 0 Å². The van der Waals surface area contributed by atoms with E-state index in [4.69, 9.17) is 4.74 Å². The molecule has 0 saturated carbocycles. The van der Waals surface area contributed by atoms with E-state index in [1.807, 2.05) is 30.3 Å². The van der Waals surface area contributed by atoms with Gasteiger partial charge in [0.15, 0.2) is 0 Å². The number of esters is 1. The SMILES string of the molecule is CC(=O)OCCCN(Cc1ccccc1)S(=O)(=O)c1ccccc1. The highest BCUT2D eigenvalue weighted by atomic mass is 32.2. The van der Waals surface area contributed by atoms with Gasteiger partial charge in [0.05, 0.1) is 11.5 Å². The van der Waals surface area contributed by atoms with Crippen LogP contribution in [0.25, 0.3) is 0 Å². The molecule has 0 fully saturated rings. The van der Waals surface area contributed by atoms with Gasteiger partial charge < -0.3 is 4.74 Å². The largest absolute Gasteiger partial charge is 0.466 e. The normalized spacial score (nSPS) is 11.4. The Morgan fingerprint density at radius 1 is 1.00 bits per heavy atom. The molecule has 2 aromatic rings. The van der Waals surface area contributed by atoms with Crippen molar-refractivity contribution in [2.75, 3.05) is 13.2 Å². The van der Waals surface area contributed by atoms with Gasteiger partial charge in [-0.15, -0.1) is 0 Å². The fourth-order valence-electron chi connectivity index (χ4n) is 2.27. The second kappa shape index (κ2) is 8.61. The summed E-state index contributed by atoms with van der Waals surface area (Å²) in [5.41, 5.74) is 0.907. The van der Waals surface area contributed by atoms with Crippen molar-refractivity contribution >= 4 is 16.0 Å².